The minimum Gasteiger partial charge on any atom is -0.353 e. The van der Waals surface area contributed by atoms with E-state index in [-0.39, 0.29) is 5.91 Å². The molecular formula is C19H23F2NO. The van der Waals surface area contributed by atoms with Crippen LogP contribution in [0.15, 0.2) is 18.2 Å². The molecule has 124 valence electrons. The van der Waals surface area contributed by atoms with Gasteiger partial charge >= 0.3 is 0 Å². The number of hydrogen-bond donors (Lipinski definition) is 1. The molecule has 5 rings (SSSR count). The van der Waals surface area contributed by atoms with E-state index in [1.165, 1.54) is 38.2 Å². The molecule has 0 heterocycles. The number of carbonyl (C=O) groups is 1. The summed E-state index contributed by atoms with van der Waals surface area (Å²) in [7, 11) is 0. The fraction of sp³-hybridized carbons (Fsp3) is 0.632. The van der Waals surface area contributed by atoms with E-state index >= 15 is 0 Å². The van der Waals surface area contributed by atoms with Crippen LogP contribution in [0.4, 0.5) is 8.78 Å². The molecule has 1 aromatic rings. The smallest absolute Gasteiger partial charge is 0.220 e. The summed E-state index contributed by atoms with van der Waals surface area (Å²) >= 11 is 0. The molecule has 0 atom stereocenters. The summed E-state index contributed by atoms with van der Waals surface area (Å²) in [5, 5.41) is 3.25. The van der Waals surface area contributed by atoms with Crippen LogP contribution in [0.1, 0.15) is 44.1 Å². The zero-order valence-electron chi connectivity index (χ0n) is 13.2. The predicted octanol–water partition coefficient (Wildman–Crippen LogP) is 3.84. The summed E-state index contributed by atoms with van der Waals surface area (Å²) in [6, 6.07) is 4.21. The molecule has 4 aliphatic rings. The van der Waals surface area contributed by atoms with Crippen LogP contribution in [-0.4, -0.2) is 11.9 Å². The average Bonchev–Trinajstić information content (AvgIpc) is 2.51. The van der Waals surface area contributed by atoms with Gasteiger partial charge < -0.3 is 5.32 Å². The Kier molecular flexibility index (Phi) is 3.86. The number of aryl methyl sites for hydroxylation is 1. The third-order valence-corrected chi connectivity index (χ3v) is 6.18. The van der Waals surface area contributed by atoms with Crippen molar-refractivity contribution in [1.82, 2.24) is 5.32 Å². The molecule has 0 unspecified atom stereocenters. The Hall–Kier alpha value is -1.45. The fourth-order valence-corrected chi connectivity index (χ4v) is 5.37. The molecule has 0 aromatic heterocycles. The van der Waals surface area contributed by atoms with Gasteiger partial charge in [0, 0.05) is 12.5 Å². The van der Waals surface area contributed by atoms with Crippen molar-refractivity contribution in [3.8, 4) is 0 Å². The highest BCUT2D eigenvalue weighted by Gasteiger charge is 2.48. The molecule has 0 aliphatic heterocycles. The molecule has 4 fully saturated rings. The monoisotopic (exact) mass is 319 g/mol. The highest BCUT2D eigenvalue weighted by Crippen LogP contribution is 2.53. The van der Waals surface area contributed by atoms with Gasteiger partial charge in [0.15, 0.2) is 11.6 Å². The highest BCUT2D eigenvalue weighted by atomic mass is 19.2. The first-order valence-electron chi connectivity index (χ1n) is 8.82. The number of hydrogen-bond acceptors (Lipinski definition) is 1. The number of nitrogens with one attached hydrogen (secondary N) is 1. The fourth-order valence-electron chi connectivity index (χ4n) is 5.37. The van der Waals surface area contributed by atoms with Gasteiger partial charge in [-0.05, 0) is 79.9 Å². The van der Waals surface area contributed by atoms with Crippen molar-refractivity contribution in [3.63, 3.8) is 0 Å². The molecule has 0 saturated heterocycles. The van der Waals surface area contributed by atoms with Crippen molar-refractivity contribution in [3.05, 3.63) is 35.4 Å². The van der Waals surface area contributed by atoms with Gasteiger partial charge in [-0.15, -0.1) is 0 Å². The quantitative estimate of drug-likeness (QED) is 0.897. The number of rotatable bonds is 4. The Morgan fingerprint density at radius 1 is 1.00 bits per heavy atom. The number of amides is 1. The van der Waals surface area contributed by atoms with Crippen LogP contribution in [-0.2, 0) is 11.2 Å². The molecule has 1 N–H and O–H groups in total. The average molecular weight is 319 g/mol. The molecule has 1 amide bonds. The normalized spacial score (nSPS) is 34.6. The van der Waals surface area contributed by atoms with Gasteiger partial charge in [0.1, 0.15) is 0 Å². The predicted molar refractivity (Wildman–Crippen MR) is 83.7 cm³/mol. The molecule has 4 aliphatic carbocycles. The van der Waals surface area contributed by atoms with Crippen LogP contribution in [0.2, 0.25) is 0 Å². The van der Waals surface area contributed by atoms with Crippen LogP contribution in [0.5, 0.6) is 0 Å². The van der Waals surface area contributed by atoms with Crippen LogP contribution in [0.25, 0.3) is 0 Å². The van der Waals surface area contributed by atoms with Crippen molar-refractivity contribution in [1.29, 1.82) is 0 Å². The van der Waals surface area contributed by atoms with E-state index in [1.54, 1.807) is 6.07 Å². The first-order chi connectivity index (χ1) is 11.1. The number of halogens is 2. The SMILES string of the molecule is O=C(CCc1ccc(F)c(F)c1)NC1C2CC3CC(C2)CC1C3. The van der Waals surface area contributed by atoms with Gasteiger partial charge in [0.2, 0.25) is 5.91 Å². The van der Waals surface area contributed by atoms with E-state index in [0.717, 1.165) is 17.9 Å². The summed E-state index contributed by atoms with van der Waals surface area (Å²) in [5.41, 5.74) is 0.670. The van der Waals surface area contributed by atoms with Gasteiger partial charge in [-0.3, -0.25) is 4.79 Å². The topological polar surface area (TPSA) is 29.1 Å². The van der Waals surface area contributed by atoms with Crippen LogP contribution < -0.4 is 5.32 Å². The lowest BCUT2D eigenvalue weighted by Gasteiger charge is -2.54. The molecule has 4 bridgehead atoms. The van der Waals surface area contributed by atoms with E-state index in [0.29, 0.717) is 36.3 Å². The largest absolute Gasteiger partial charge is 0.353 e. The maximum absolute atomic E-state index is 13.2. The van der Waals surface area contributed by atoms with E-state index in [9.17, 15) is 13.6 Å². The summed E-state index contributed by atoms with van der Waals surface area (Å²) in [6.45, 7) is 0. The van der Waals surface area contributed by atoms with Crippen LogP contribution in [0.3, 0.4) is 0 Å². The van der Waals surface area contributed by atoms with Crippen molar-refractivity contribution < 1.29 is 13.6 Å². The Bertz CT molecular complexity index is 587. The van der Waals surface area contributed by atoms with Gasteiger partial charge in [-0.25, -0.2) is 8.78 Å². The van der Waals surface area contributed by atoms with Gasteiger partial charge in [0.05, 0.1) is 0 Å². The van der Waals surface area contributed by atoms with E-state index in [4.69, 9.17) is 0 Å². The van der Waals surface area contributed by atoms with E-state index in [2.05, 4.69) is 5.32 Å². The molecule has 4 heteroatoms. The second kappa shape index (κ2) is 5.88. The van der Waals surface area contributed by atoms with Crippen LogP contribution in [0, 0.1) is 35.3 Å². The summed E-state index contributed by atoms with van der Waals surface area (Å²) in [4.78, 5) is 12.3. The lowest BCUT2D eigenvalue weighted by atomic mass is 9.54. The lowest BCUT2D eigenvalue weighted by molar-refractivity contribution is -0.125. The van der Waals surface area contributed by atoms with Crippen molar-refractivity contribution in [2.75, 3.05) is 0 Å². The first-order valence-corrected chi connectivity index (χ1v) is 8.82. The van der Waals surface area contributed by atoms with Crippen LogP contribution >= 0.6 is 0 Å². The maximum Gasteiger partial charge on any atom is 0.220 e. The third-order valence-electron chi connectivity index (χ3n) is 6.18. The Morgan fingerprint density at radius 2 is 1.65 bits per heavy atom. The zero-order chi connectivity index (χ0) is 16.0. The summed E-state index contributed by atoms with van der Waals surface area (Å²) < 4.78 is 26.1. The Morgan fingerprint density at radius 3 is 2.26 bits per heavy atom. The Labute approximate surface area is 135 Å². The van der Waals surface area contributed by atoms with Crippen molar-refractivity contribution >= 4 is 5.91 Å². The second-order valence-corrected chi connectivity index (χ2v) is 7.77. The number of carbonyl (C=O) groups excluding carboxylic acids is 1. The minimum atomic E-state index is -0.844. The molecule has 4 saturated carbocycles. The minimum absolute atomic E-state index is 0.0483. The number of benzene rings is 1. The van der Waals surface area contributed by atoms with Gasteiger partial charge in [-0.2, -0.15) is 0 Å². The van der Waals surface area contributed by atoms with Gasteiger partial charge in [0.25, 0.3) is 0 Å². The molecule has 23 heavy (non-hydrogen) atoms. The van der Waals surface area contributed by atoms with E-state index < -0.39 is 11.6 Å². The summed E-state index contributed by atoms with van der Waals surface area (Å²) in [5.74, 6) is 1.49. The summed E-state index contributed by atoms with van der Waals surface area (Å²) in [6.07, 6.45) is 7.32. The first kappa shape index (κ1) is 15.1. The maximum atomic E-state index is 13.2. The lowest BCUT2D eigenvalue weighted by Crippen LogP contribution is -2.55. The second-order valence-electron chi connectivity index (χ2n) is 7.77. The van der Waals surface area contributed by atoms with Crippen molar-refractivity contribution in [2.24, 2.45) is 23.7 Å². The standard InChI is InChI=1S/C19H23F2NO/c20-16-3-1-11(10-17(16)21)2-4-18(23)22-19-14-6-12-5-13(8-14)9-15(19)7-12/h1,3,10,12-15,19H,2,4-9H2,(H,22,23). The molecule has 0 spiro atoms. The van der Waals surface area contributed by atoms with Gasteiger partial charge in [-0.1, -0.05) is 6.07 Å². The molecular weight excluding hydrogens is 296 g/mol. The highest BCUT2D eigenvalue weighted by molar-refractivity contribution is 5.76. The Balaban J connectivity index is 1.32. The molecule has 2 nitrogen and oxygen atoms in total. The molecule has 0 radical (unpaired) electrons. The molecule has 1 aromatic carbocycles. The van der Waals surface area contributed by atoms with Crippen molar-refractivity contribution in [2.45, 2.75) is 51.0 Å². The third kappa shape index (κ3) is 3.00. The van der Waals surface area contributed by atoms with E-state index in [1.807, 2.05) is 0 Å². The zero-order valence-corrected chi connectivity index (χ0v) is 13.2.